The van der Waals surface area contributed by atoms with E-state index in [9.17, 15) is 4.79 Å². The second kappa shape index (κ2) is 8.17. The van der Waals surface area contributed by atoms with E-state index in [1.165, 1.54) is 19.3 Å². The number of fused-ring (bicyclic) bond motifs is 1. The van der Waals surface area contributed by atoms with E-state index in [0.717, 1.165) is 28.8 Å². The van der Waals surface area contributed by atoms with Crippen molar-refractivity contribution in [3.8, 4) is 0 Å². The van der Waals surface area contributed by atoms with Crippen molar-refractivity contribution < 1.29 is 0 Å². The highest BCUT2D eigenvalue weighted by Crippen LogP contribution is 2.37. The largest absolute Gasteiger partial charge is 0.338 e. The lowest BCUT2D eigenvalue weighted by Gasteiger charge is -2.29. The summed E-state index contributed by atoms with van der Waals surface area (Å²) in [5, 5.41) is 17.1. The Kier molecular flexibility index (Phi) is 5.31. The standard InChI is InChI=1S/C25H31N7O/c1-16-7-5-6-8-20(16)32-21-11-12-26-24(33)22(21)23(29-32)28-18-9-10-19(17(2)15-18)25(3,4)31-14-13-27-30-31/h9-16,20H,5-8H2,1-4H3,(H,26,33)(H,28,29)/t16-,20-/m0/s1. The summed E-state index contributed by atoms with van der Waals surface area (Å²) in [6.07, 6.45) is 10.0. The van der Waals surface area contributed by atoms with Crippen molar-refractivity contribution in [3.05, 3.63) is 64.3 Å². The van der Waals surface area contributed by atoms with Crippen LogP contribution in [0.1, 0.15) is 63.6 Å². The fraction of sp³-hybridized carbons (Fsp3) is 0.440. The number of pyridine rings is 1. The zero-order valence-corrected chi connectivity index (χ0v) is 19.7. The lowest BCUT2D eigenvalue weighted by molar-refractivity contribution is 0.246. The van der Waals surface area contributed by atoms with Crippen molar-refractivity contribution in [2.24, 2.45) is 5.92 Å². The molecule has 5 rings (SSSR count). The highest BCUT2D eigenvalue weighted by atomic mass is 16.1. The molecule has 1 saturated carbocycles. The van der Waals surface area contributed by atoms with Crippen LogP contribution in [0.15, 0.2) is 47.7 Å². The van der Waals surface area contributed by atoms with E-state index < -0.39 is 0 Å². The fourth-order valence-corrected chi connectivity index (χ4v) is 5.29. The molecule has 2 atom stereocenters. The Morgan fingerprint density at radius 1 is 1.18 bits per heavy atom. The molecule has 3 heterocycles. The van der Waals surface area contributed by atoms with Gasteiger partial charge in [-0.2, -0.15) is 5.10 Å². The van der Waals surface area contributed by atoms with E-state index in [-0.39, 0.29) is 11.1 Å². The van der Waals surface area contributed by atoms with E-state index in [2.05, 4.69) is 65.1 Å². The summed E-state index contributed by atoms with van der Waals surface area (Å²) in [6.45, 7) is 8.62. The maximum atomic E-state index is 12.8. The van der Waals surface area contributed by atoms with Crippen LogP contribution in [0, 0.1) is 12.8 Å². The third-order valence-corrected chi connectivity index (χ3v) is 7.15. The number of nitrogens with zero attached hydrogens (tertiary/aromatic N) is 5. The summed E-state index contributed by atoms with van der Waals surface area (Å²) in [5.41, 5.74) is 3.62. The number of rotatable bonds is 5. The van der Waals surface area contributed by atoms with Gasteiger partial charge >= 0.3 is 0 Å². The van der Waals surface area contributed by atoms with Gasteiger partial charge in [0.05, 0.1) is 23.3 Å². The maximum Gasteiger partial charge on any atom is 0.261 e. The van der Waals surface area contributed by atoms with Crippen LogP contribution in [-0.2, 0) is 5.54 Å². The van der Waals surface area contributed by atoms with Gasteiger partial charge in [0.25, 0.3) is 5.56 Å². The van der Waals surface area contributed by atoms with Crippen molar-refractivity contribution in [2.75, 3.05) is 5.32 Å². The summed E-state index contributed by atoms with van der Waals surface area (Å²) >= 11 is 0. The Morgan fingerprint density at radius 3 is 2.73 bits per heavy atom. The Labute approximate surface area is 193 Å². The molecule has 0 aliphatic heterocycles. The number of H-pyrrole nitrogens is 1. The summed E-state index contributed by atoms with van der Waals surface area (Å²) in [4.78, 5) is 15.6. The van der Waals surface area contributed by atoms with Gasteiger partial charge in [-0.3, -0.25) is 9.48 Å². The quantitative estimate of drug-likeness (QED) is 0.456. The van der Waals surface area contributed by atoms with E-state index >= 15 is 0 Å². The monoisotopic (exact) mass is 445 g/mol. The van der Waals surface area contributed by atoms with Gasteiger partial charge in [0.15, 0.2) is 5.82 Å². The zero-order chi connectivity index (χ0) is 23.2. The number of benzene rings is 1. The topological polar surface area (TPSA) is 93.4 Å². The zero-order valence-electron chi connectivity index (χ0n) is 19.7. The smallest absolute Gasteiger partial charge is 0.261 e. The molecule has 1 aliphatic rings. The molecule has 0 bridgehead atoms. The van der Waals surface area contributed by atoms with Crippen LogP contribution in [0.5, 0.6) is 0 Å². The minimum Gasteiger partial charge on any atom is -0.338 e. The van der Waals surface area contributed by atoms with Gasteiger partial charge in [-0.15, -0.1) is 5.10 Å². The van der Waals surface area contributed by atoms with Crippen LogP contribution >= 0.6 is 0 Å². The van der Waals surface area contributed by atoms with E-state index in [1.807, 2.05) is 23.0 Å². The van der Waals surface area contributed by atoms with Crippen LogP contribution in [0.2, 0.25) is 0 Å². The number of aromatic nitrogens is 6. The Balaban J connectivity index is 1.52. The summed E-state index contributed by atoms with van der Waals surface area (Å²) in [6, 6.07) is 8.51. The second-order valence-corrected chi connectivity index (χ2v) is 9.75. The molecule has 3 aromatic heterocycles. The molecule has 0 unspecified atom stereocenters. The number of hydrogen-bond acceptors (Lipinski definition) is 5. The van der Waals surface area contributed by atoms with Crippen molar-refractivity contribution in [1.82, 2.24) is 29.8 Å². The van der Waals surface area contributed by atoms with E-state index in [0.29, 0.717) is 23.2 Å². The van der Waals surface area contributed by atoms with Gasteiger partial charge in [-0.25, -0.2) is 4.68 Å². The van der Waals surface area contributed by atoms with Gasteiger partial charge < -0.3 is 10.3 Å². The second-order valence-electron chi connectivity index (χ2n) is 9.75. The first-order valence-electron chi connectivity index (χ1n) is 11.7. The molecule has 8 heteroatoms. The number of nitrogens with one attached hydrogen (secondary N) is 2. The summed E-state index contributed by atoms with van der Waals surface area (Å²) in [5.74, 6) is 1.14. The average Bonchev–Trinajstić information content (AvgIpc) is 3.44. The SMILES string of the molecule is Cc1cc(Nc2nn([C@H]3CCCC[C@@H]3C)c3cc[nH]c(=O)c23)ccc1C(C)(C)n1ccnn1. The first kappa shape index (κ1) is 21.4. The molecule has 0 amide bonds. The fourth-order valence-electron chi connectivity index (χ4n) is 5.29. The molecule has 4 aromatic rings. The molecule has 1 aromatic carbocycles. The number of aryl methyl sites for hydroxylation is 1. The van der Waals surface area contributed by atoms with Crippen LogP contribution in [0.3, 0.4) is 0 Å². The van der Waals surface area contributed by atoms with Crippen LogP contribution < -0.4 is 10.9 Å². The summed E-state index contributed by atoms with van der Waals surface area (Å²) in [7, 11) is 0. The molecule has 8 nitrogen and oxygen atoms in total. The normalized spacial score (nSPS) is 19.2. The minimum atomic E-state index is -0.332. The third-order valence-electron chi connectivity index (χ3n) is 7.15. The van der Waals surface area contributed by atoms with E-state index in [4.69, 9.17) is 5.10 Å². The molecular formula is C25H31N7O. The lowest BCUT2D eigenvalue weighted by Crippen LogP contribution is -2.29. The molecule has 0 saturated heterocycles. The number of aromatic amines is 1. The van der Waals surface area contributed by atoms with Gasteiger partial charge in [0.1, 0.15) is 5.39 Å². The van der Waals surface area contributed by atoms with Gasteiger partial charge in [0.2, 0.25) is 0 Å². The molecule has 0 radical (unpaired) electrons. The van der Waals surface area contributed by atoms with Crippen molar-refractivity contribution in [2.45, 2.75) is 65.0 Å². The van der Waals surface area contributed by atoms with Gasteiger partial charge in [0, 0.05) is 18.1 Å². The molecule has 2 N–H and O–H groups in total. The average molecular weight is 446 g/mol. The first-order chi connectivity index (χ1) is 15.9. The van der Waals surface area contributed by atoms with Crippen LogP contribution in [0.25, 0.3) is 10.9 Å². The number of anilines is 2. The van der Waals surface area contributed by atoms with Crippen LogP contribution in [0.4, 0.5) is 11.5 Å². The van der Waals surface area contributed by atoms with Crippen LogP contribution in [-0.4, -0.2) is 29.8 Å². The highest BCUT2D eigenvalue weighted by Gasteiger charge is 2.28. The Hall–Kier alpha value is -3.42. The predicted octanol–water partition coefficient (Wildman–Crippen LogP) is 4.90. The molecule has 1 fully saturated rings. The maximum absolute atomic E-state index is 12.8. The Bertz CT molecular complexity index is 1330. The predicted molar refractivity (Wildman–Crippen MR) is 130 cm³/mol. The Morgan fingerprint density at radius 2 is 2.00 bits per heavy atom. The molecule has 172 valence electrons. The van der Waals surface area contributed by atoms with Crippen molar-refractivity contribution in [1.29, 1.82) is 0 Å². The van der Waals surface area contributed by atoms with Crippen molar-refractivity contribution >= 4 is 22.4 Å². The van der Waals surface area contributed by atoms with E-state index in [1.54, 1.807) is 12.4 Å². The third kappa shape index (κ3) is 3.73. The molecular weight excluding hydrogens is 414 g/mol. The molecule has 33 heavy (non-hydrogen) atoms. The minimum absolute atomic E-state index is 0.120. The van der Waals surface area contributed by atoms with Gasteiger partial charge in [-0.1, -0.05) is 31.0 Å². The molecule has 1 aliphatic carbocycles. The van der Waals surface area contributed by atoms with Crippen molar-refractivity contribution in [3.63, 3.8) is 0 Å². The highest BCUT2D eigenvalue weighted by molar-refractivity contribution is 5.91. The summed E-state index contributed by atoms with van der Waals surface area (Å²) < 4.78 is 3.94. The molecule has 0 spiro atoms. The first-order valence-corrected chi connectivity index (χ1v) is 11.7. The van der Waals surface area contributed by atoms with Gasteiger partial charge in [-0.05, 0) is 68.9 Å². The number of hydrogen-bond donors (Lipinski definition) is 2. The lowest BCUT2D eigenvalue weighted by atomic mass is 9.86.